The highest BCUT2D eigenvalue weighted by atomic mass is 16.2. The third kappa shape index (κ3) is 3.49. The highest BCUT2D eigenvalue weighted by Crippen LogP contribution is 2.60. The lowest BCUT2D eigenvalue weighted by Crippen LogP contribution is -2.52. The first kappa shape index (κ1) is 19.9. The van der Waals surface area contributed by atoms with Crippen LogP contribution in [0.4, 0.5) is 5.82 Å². The molecule has 1 aliphatic heterocycles. The Labute approximate surface area is 189 Å². The van der Waals surface area contributed by atoms with Crippen molar-refractivity contribution in [3.8, 4) is 6.07 Å². The molecule has 1 amide bonds. The van der Waals surface area contributed by atoms with Crippen LogP contribution in [0.1, 0.15) is 60.9 Å². The van der Waals surface area contributed by atoms with Gasteiger partial charge in [-0.2, -0.15) is 5.26 Å². The van der Waals surface area contributed by atoms with E-state index in [1.807, 2.05) is 24.3 Å². The number of aromatic nitrogens is 2. The van der Waals surface area contributed by atoms with Crippen LogP contribution in [-0.4, -0.2) is 27.3 Å². The van der Waals surface area contributed by atoms with E-state index in [0.717, 1.165) is 80.1 Å². The Hall–Kier alpha value is -2.78. The van der Waals surface area contributed by atoms with Gasteiger partial charge in [-0.15, -0.1) is 0 Å². The number of hydrogen-bond donors (Lipinski definition) is 1. The van der Waals surface area contributed by atoms with Crippen LogP contribution in [0.25, 0.3) is 0 Å². The molecule has 7 rings (SSSR count). The third-order valence-corrected chi connectivity index (χ3v) is 8.33. The number of nitriles is 1. The number of nitrogens with one attached hydrogen (secondary N) is 1. The standard InChI is InChI=1S/C26H29N5O/c27-13-17-1-3-18(4-2-17)14-31-6-5-22-23(15-31)28-16-29-24(22)30-25(32)26-10-19-7-20(11-26)9-21(8-19)12-26/h1-4,16,19-21H,5-12,14-15H2,(H,28,29,30,32). The molecule has 1 aromatic carbocycles. The van der Waals surface area contributed by atoms with Crippen molar-refractivity contribution in [1.29, 1.82) is 5.26 Å². The summed E-state index contributed by atoms with van der Waals surface area (Å²) in [6.07, 6.45) is 9.64. The zero-order valence-corrected chi connectivity index (χ0v) is 18.4. The molecule has 1 aromatic heterocycles. The minimum atomic E-state index is -0.164. The lowest BCUT2D eigenvalue weighted by Gasteiger charge is -2.55. The van der Waals surface area contributed by atoms with Gasteiger partial charge >= 0.3 is 0 Å². The summed E-state index contributed by atoms with van der Waals surface area (Å²) in [6.45, 7) is 2.48. The second-order valence-corrected chi connectivity index (χ2v) is 10.6. The van der Waals surface area contributed by atoms with E-state index >= 15 is 0 Å². The van der Waals surface area contributed by atoms with Crippen LogP contribution in [0.15, 0.2) is 30.6 Å². The molecule has 164 valence electrons. The summed E-state index contributed by atoms with van der Waals surface area (Å²) in [5, 5.41) is 12.3. The summed E-state index contributed by atoms with van der Waals surface area (Å²) < 4.78 is 0. The Kier molecular flexibility index (Phi) is 4.76. The number of hydrogen-bond acceptors (Lipinski definition) is 5. The van der Waals surface area contributed by atoms with Gasteiger partial charge in [-0.1, -0.05) is 12.1 Å². The highest BCUT2D eigenvalue weighted by Gasteiger charge is 2.54. The monoisotopic (exact) mass is 427 g/mol. The fourth-order valence-corrected chi connectivity index (χ4v) is 7.22. The zero-order valence-electron chi connectivity index (χ0n) is 18.4. The third-order valence-electron chi connectivity index (χ3n) is 8.33. The topological polar surface area (TPSA) is 81.9 Å². The van der Waals surface area contributed by atoms with E-state index in [0.29, 0.717) is 5.56 Å². The molecule has 2 aromatic rings. The summed E-state index contributed by atoms with van der Waals surface area (Å²) in [5.74, 6) is 3.19. The maximum absolute atomic E-state index is 13.5. The maximum atomic E-state index is 13.5. The van der Waals surface area contributed by atoms with Gasteiger partial charge in [0.05, 0.1) is 22.7 Å². The highest BCUT2D eigenvalue weighted by molar-refractivity contribution is 5.95. The molecule has 4 aliphatic carbocycles. The van der Waals surface area contributed by atoms with Gasteiger partial charge in [0.25, 0.3) is 0 Å². The second-order valence-electron chi connectivity index (χ2n) is 10.6. The predicted octanol–water partition coefficient (Wildman–Crippen LogP) is 4.06. The van der Waals surface area contributed by atoms with E-state index in [1.54, 1.807) is 6.33 Å². The summed E-state index contributed by atoms with van der Waals surface area (Å²) >= 11 is 0. The van der Waals surface area contributed by atoms with Crippen molar-refractivity contribution in [2.24, 2.45) is 23.2 Å². The molecule has 1 N–H and O–H groups in total. The molecule has 4 saturated carbocycles. The first-order valence-electron chi connectivity index (χ1n) is 12.0. The zero-order chi connectivity index (χ0) is 21.7. The van der Waals surface area contributed by atoms with Gasteiger partial charge in [-0.3, -0.25) is 9.69 Å². The Bertz CT molecular complexity index is 1050. The molecule has 6 heteroatoms. The SMILES string of the molecule is N#Cc1ccc(CN2CCc3c(ncnc3NC(=O)C34CC5CC(CC(C5)C3)C4)C2)cc1. The number of fused-ring (bicyclic) bond motifs is 1. The molecule has 0 atom stereocenters. The number of carbonyl (C=O) groups is 1. The lowest BCUT2D eigenvalue weighted by molar-refractivity contribution is -0.140. The molecule has 0 saturated heterocycles. The molecular weight excluding hydrogens is 398 g/mol. The van der Waals surface area contributed by atoms with E-state index in [1.165, 1.54) is 24.8 Å². The van der Waals surface area contributed by atoms with E-state index < -0.39 is 0 Å². The Morgan fingerprint density at radius 2 is 1.78 bits per heavy atom. The van der Waals surface area contributed by atoms with Crippen molar-refractivity contribution in [1.82, 2.24) is 14.9 Å². The Morgan fingerprint density at radius 1 is 1.09 bits per heavy atom. The van der Waals surface area contributed by atoms with Gasteiger partial charge in [0.2, 0.25) is 5.91 Å². The fraction of sp³-hybridized carbons (Fsp3) is 0.538. The number of amides is 1. The molecule has 6 nitrogen and oxygen atoms in total. The smallest absolute Gasteiger partial charge is 0.231 e. The first-order chi connectivity index (χ1) is 15.6. The minimum Gasteiger partial charge on any atom is -0.310 e. The number of benzene rings is 1. The normalized spacial score (nSPS) is 30.5. The van der Waals surface area contributed by atoms with Crippen molar-refractivity contribution >= 4 is 11.7 Å². The van der Waals surface area contributed by atoms with Crippen LogP contribution in [0.3, 0.4) is 0 Å². The van der Waals surface area contributed by atoms with Crippen LogP contribution in [-0.2, 0) is 24.3 Å². The van der Waals surface area contributed by atoms with E-state index in [4.69, 9.17) is 5.26 Å². The van der Waals surface area contributed by atoms with E-state index in [9.17, 15) is 4.79 Å². The van der Waals surface area contributed by atoms with E-state index in [2.05, 4.69) is 26.3 Å². The molecule has 32 heavy (non-hydrogen) atoms. The molecule has 0 unspecified atom stereocenters. The maximum Gasteiger partial charge on any atom is 0.231 e. The predicted molar refractivity (Wildman–Crippen MR) is 120 cm³/mol. The van der Waals surface area contributed by atoms with Crippen molar-refractivity contribution in [2.45, 2.75) is 58.0 Å². The van der Waals surface area contributed by atoms with E-state index in [-0.39, 0.29) is 11.3 Å². The van der Waals surface area contributed by atoms with Gasteiger partial charge in [0.15, 0.2) is 0 Å². The van der Waals surface area contributed by atoms with Crippen LogP contribution in [0.2, 0.25) is 0 Å². The summed E-state index contributed by atoms with van der Waals surface area (Å²) in [4.78, 5) is 24.9. The van der Waals surface area contributed by atoms with Crippen LogP contribution < -0.4 is 5.32 Å². The molecule has 4 fully saturated rings. The molecule has 0 spiro atoms. The first-order valence-corrected chi connectivity index (χ1v) is 12.0. The summed E-state index contributed by atoms with van der Waals surface area (Å²) in [6, 6.07) is 9.94. The quantitative estimate of drug-likeness (QED) is 0.796. The van der Waals surface area contributed by atoms with Crippen molar-refractivity contribution in [3.63, 3.8) is 0 Å². The molecular formula is C26H29N5O. The largest absolute Gasteiger partial charge is 0.310 e. The number of rotatable bonds is 4. The van der Waals surface area contributed by atoms with Gasteiger partial charge < -0.3 is 5.32 Å². The fourth-order valence-electron chi connectivity index (χ4n) is 7.22. The average molecular weight is 428 g/mol. The van der Waals surface area contributed by atoms with Gasteiger partial charge in [-0.25, -0.2) is 9.97 Å². The number of nitrogens with zero attached hydrogens (tertiary/aromatic N) is 4. The van der Waals surface area contributed by atoms with Crippen molar-refractivity contribution in [3.05, 3.63) is 53.0 Å². The Balaban J connectivity index is 1.16. The minimum absolute atomic E-state index is 0.164. The summed E-state index contributed by atoms with van der Waals surface area (Å²) in [7, 11) is 0. The van der Waals surface area contributed by atoms with Gasteiger partial charge in [0, 0.05) is 25.2 Å². The molecule has 0 radical (unpaired) electrons. The molecule has 5 aliphatic rings. The average Bonchev–Trinajstić information content (AvgIpc) is 2.79. The van der Waals surface area contributed by atoms with Crippen molar-refractivity contribution < 1.29 is 4.79 Å². The number of anilines is 1. The lowest BCUT2D eigenvalue weighted by atomic mass is 9.49. The second kappa shape index (κ2) is 7.67. The molecule has 2 heterocycles. The van der Waals surface area contributed by atoms with Crippen LogP contribution in [0.5, 0.6) is 0 Å². The van der Waals surface area contributed by atoms with Gasteiger partial charge in [-0.05, 0) is 80.4 Å². The Morgan fingerprint density at radius 3 is 2.44 bits per heavy atom. The van der Waals surface area contributed by atoms with Crippen LogP contribution in [0, 0.1) is 34.5 Å². The van der Waals surface area contributed by atoms with Crippen LogP contribution >= 0.6 is 0 Å². The van der Waals surface area contributed by atoms with Crippen molar-refractivity contribution in [2.75, 3.05) is 11.9 Å². The number of carbonyl (C=O) groups excluding carboxylic acids is 1. The van der Waals surface area contributed by atoms with Gasteiger partial charge in [0.1, 0.15) is 12.1 Å². The summed E-state index contributed by atoms with van der Waals surface area (Å²) in [5.41, 5.74) is 3.83. The molecule has 4 bridgehead atoms.